The third-order valence-electron chi connectivity index (χ3n) is 2.85. The topological polar surface area (TPSA) is 37.5 Å². The van der Waals surface area contributed by atoms with Crippen molar-refractivity contribution in [3.8, 4) is 5.88 Å². The number of nitrogens with zero attached hydrogens (tertiary/aromatic N) is 2. The normalized spacial score (nSPS) is 10.9. The summed E-state index contributed by atoms with van der Waals surface area (Å²) in [5.74, 6) is 0.993. The second-order valence-electron chi connectivity index (χ2n) is 4.13. The average Bonchev–Trinajstić information content (AvgIpc) is 2.74. The minimum absolute atomic E-state index is 0.196. The van der Waals surface area contributed by atoms with Crippen molar-refractivity contribution in [1.82, 2.24) is 9.38 Å². The summed E-state index contributed by atoms with van der Waals surface area (Å²) in [7, 11) is 0. The van der Waals surface area contributed by atoms with E-state index in [4.69, 9.17) is 11.6 Å². The average molecular weight is 259 g/mol. The Balaban J connectivity index is 2.05. The summed E-state index contributed by atoms with van der Waals surface area (Å²) < 4.78 is 1.74. The summed E-state index contributed by atoms with van der Waals surface area (Å²) >= 11 is 5.96. The number of aromatic nitrogens is 2. The van der Waals surface area contributed by atoms with Crippen LogP contribution >= 0.6 is 11.6 Å². The number of aromatic hydroxyl groups is 1. The zero-order valence-corrected chi connectivity index (χ0v) is 10.3. The molecule has 0 unspecified atom stereocenters. The minimum Gasteiger partial charge on any atom is -0.494 e. The molecule has 0 bridgehead atoms. The summed E-state index contributed by atoms with van der Waals surface area (Å²) in [6, 6.07) is 13.0. The molecule has 0 radical (unpaired) electrons. The monoisotopic (exact) mass is 258 g/mol. The Bertz CT molecular complexity index is 706. The van der Waals surface area contributed by atoms with Crippen LogP contribution in [0.2, 0.25) is 5.02 Å². The Hall–Kier alpha value is -2.00. The number of halogens is 1. The van der Waals surface area contributed by atoms with Crippen molar-refractivity contribution in [2.75, 3.05) is 0 Å². The molecule has 0 aliphatic carbocycles. The molecule has 3 rings (SSSR count). The van der Waals surface area contributed by atoms with Gasteiger partial charge in [0.05, 0.1) is 11.7 Å². The zero-order valence-electron chi connectivity index (χ0n) is 9.55. The van der Waals surface area contributed by atoms with E-state index in [1.807, 2.05) is 30.3 Å². The summed E-state index contributed by atoms with van der Waals surface area (Å²) in [4.78, 5) is 4.34. The molecule has 1 N–H and O–H groups in total. The molecule has 3 aromatic rings. The zero-order chi connectivity index (χ0) is 12.5. The Morgan fingerprint density at radius 3 is 2.83 bits per heavy atom. The first-order chi connectivity index (χ1) is 8.74. The van der Waals surface area contributed by atoms with Crippen LogP contribution in [0.4, 0.5) is 0 Å². The van der Waals surface area contributed by atoms with Crippen molar-refractivity contribution in [2.45, 2.75) is 6.42 Å². The van der Waals surface area contributed by atoms with Crippen LogP contribution in [-0.4, -0.2) is 14.5 Å². The molecule has 18 heavy (non-hydrogen) atoms. The number of benzene rings is 1. The van der Waals surface area contributed by atoms with Gasteiger partial charge in [0.15, 0.2) is 5.88 Å². The molecule has 90 valence electrons. The Kier molecular flexibility index (Phi) is 2.68. The van der Waals surface area contributed by atoms with Gasteiger partial charge in [-0.1, -0.05) is 29.8 Å². The first-order valence-electron chi connectivity index (χ1n) is 5.63. The van der Waals surface area contributed by atoms with Crippen LogP contribution in [0, 0.1) is 0 Å². The van der Waals surface area contributed by atoms with E-state index in [1.165, 1.54) is 0 Å². The van der Waals surface area contributed by atoms with Gasteiger partial charge in [-0.15, -0.1) is 0 Å². The van der Waals surface area contributed by atoms with E-state index >= 15 is 0 Å². The van der Waals surface area contributed by atoms with E-state index < -0.39 is 0 Å². The molecule has 0 amide bonds. The summed E-state index contributed by atoms with van der Waals surface area (Å²) in [5.41, 5.74) is 1.95. The number of pyridine rings is 1. The quantitative estimate of drug-likeness (QED) is 0.766. The molecule has 2 heterocycles. The van der Waals surface area contributed by atoms with Gasteiger partial charge >= 0.3 is 0 Å². The maximum Gasteiger partial charge on any atom is 0.197 e. The van der Waals surface area contributed by atoms with Gasteiger partial charge in [-0.05, 0) is 29.8 Å². The van der Waals surface area contributed by atoms with Gasteiger partial charge in [0.25, 0.3) is 0 Å². The standard InChI is InChI=1S/C14H11ClN2O/c15-11-4-1-3-10(7-11)8-13-16-9-12-5-2-6-14(18)17(12)13/h1-7,9,18H,8H2. The highest BCUT2D eigenvalue weighted by Crippen LogP contribution is 2.19. The van der Waals surface area contributed by atoms with Gasteiger partial charge in [-0.2, -0.15) is 0 Å². The third kappa shape index (κ3) is 1.93. The number of hydrogen-bond donors (Lipinski definition) is 1. The molecule has 0 fully saturated rings. The molecule has 0 saturated carbocycles. The molecule has 2 aromatic heterocycles. The van der Waals surface area contributed by atoms with Crippen LogP contribution in [0.5, 0.6) is 5.88 Å². The molecular weight excluding hydrogens is 248 g/mol. The summed E-state index contributed by atoms with van der Waals surface area (Å²) in [6.45, 7) is 0. The molecule has 0 atom stereocenters. The second kappa shape index (κ2) is 4.35. The van der Waals surface area contributed by atoms with Crippen LogP contribution in [0.15, 0.2) is 48.7 Å². The maximum absolute atomic E-state index is 9.87. The van der Waals surface area contributed by atoms with Crippen LogP contribution in [0.1, 0.15) is 11.4 Å². The van der Waals surface area contributed by atoms with Crippen LogP contribution in [-0.2, 0) is 6.42 Å². The molecule has 0 saturated heterocycles. The molecule has 0 spiro atoms. The van der Waals surface area contributed by atoms with Gasteiger partial charge in [0.1, 0.15) is 5.82 Å². The lowest BCUT2D eigenvalue weighted by Gasteiger charge is -2.04. The van der Waals surface area contributed by atoms with E-state index in [2.05, 4.69) is 4.98 Å². The highest BCUT2D eigenvalue weighted by atomic mass is 35.5. The molecule has 3 nitrogen and oxygen atoms in total. The maximum atomic E-state index is 9.87. The number of rotatable bonds is 2. The number of fused-ring (bicyclic) bond motifs is 1. The molecular formula is C14H11ClN2O. The first kappa shape index (κ1) is 11.1. The van der Waals surface area contributed by atoms with E-state index in [9.17, 15) is 5.11 Å². The predicted octanol–water partition coefficient (Wildman–Crippen LogP) is 3.28. The van der Waals surface area contributed by atoms with Crippen LogP contribution < -0.4 is 0 Å². The van der Waals surface area contributed by atoms with E-state index in [0.717, 1.165) is 16.9 Å². The van der Waals surface area contributed by atoms with E-state index in [1.54, 1.807) is 22.7 Å². The fourth-order valence-electron chi connectivity index (χ4n) is 2.05. The summed E-state index contributed by atoms with van der Waals surface area (Å²) in [5, 5.41) is 10.6. The smallest absolute Gasteiger partial charge is 0.197 e. The van der Waals surface area contributed by atoms with Crippen molar-refractivity contribution in [2.24, 2.45) is 0 Å². The molecule has 1 aromatic carbocycles. The predicted molar refractivity (Wildman–Crippen MR) is 71.1 cm³/mol. The number of hydrogen-bond acceptors (Lipinski definition) is 2. The van der Waals surface area contributed by atoms with Gasteiger partial charge in [0, 0.05) is 11.4 Å². The molecule has 0 aliphatic heterocycles. The van der Waals surface area contributed by atoms with E-state index in [0.29, 0.717) is 11.4 Å². The molecule has 0 aliphatic rings. The lowest BCUT2D eigenvalue weighted by molar-refractivity contribution is 0.443. The Morgan fingerprint density at radius 1 is 1.17 bits per heavy atom. The fourth-order valence-corrected chi connectivity index (χ4v) is 2.26. The van der Waals surface area contributed by atoms with Crippen LogP contribution in [0.25, 0.3) is 5.52 Å². The SMILES string of the molecule is Oc1cccc2cnc(Cc3cccc(Cl)c3)n12. The van der Waals surface area contributed by atoms with Crippen molar-refractivity contribution < 1.29 is 5.11 Å². The van der Waals surface area contributed by atoms with E-state index in [-0.39, 0.29) is 5.88 Å². The van der Waals surface area contributed by atoms with Gasteiger partial charge < -0.3 is 5.11 Å². The van der Waals surface area contributed by atoms with Gasteiger partial charge in [-0.25, -0.2) is 4.98 Å². The first-order valence-corrected chi connectivity index (χ1v) is 6.00. The highest BCUT2D eigenvalue weighted by molar-refractivity contribution is 6.30. The Labute approximate surface area is 109 Å². The number of imidazole rings is 1. The van der Waals surface area contributed by atoms with Crippen molar-refractivity contribution in [3.63, 3.8) is 0 Å². The summed E-state index contributed by atoms with van der Waals surface area (Å²) in [6.07, 6.45) is 2.38. The van der Waals surface area contributed by atoms with Crippen molar-refractivity contribution >= 4 is 17.1 Å². The van der Waals surface area contributed by atoms with Gasteiger partial charge in [-0.3, -0.25) is 4.40 Å². The van der Waals surface area contributed by atoms with Crippen molar-refractivity contribution in [3.05, 3.63) is 65.1 Å². The lowest BCUT2D eigenvalue weighted by atomic mass is 10.1. The largest absolute Gasteiger partial charge is 0.494 e. The fraction of sp³-hybridized carbons (Fsp3) is 0.0714. The minimum atomic E-state index is 0.196. The van der Waals surface area contributed by atoms with Gasteiger partial charge in [0.2, 0.25) is 0 Å². The Morgan fingerprint density at radius 2 is 2.00 bits per heavy atom. The third-order valence-corrected chi connectivity index (χ3v) is 3.09. The molecule has 4 heteroatoms. The highest BCUT2D eigenvalue weighted by Gasteiger charge is 2.07. The van der Waals surface area contributed by atoms with Crippen LogP contribution in [0.3, 0.4) is 0 Å². The lowest BCUT2D eigenvalue weighted by Crippen LogP contribution is -1.96. The second-order valence-corrected chi connectivity index (χ2v) is 4.56. The van der Waals surface area contributed by atoms with Crippen molar-refractivity contribution in [1.29, 1.82) is 0 Å².